The third kappa shape index (κ3) is 17.5. The van der Waals surface area contributed by atoms with E-state index in [1.165, 1.54) is 0 Å². The van der Waals surface area contributed by atoms with Crippen LogP contribution in [0.15, 0.2) is 0 Å². The molecule has 0 fully saturated rings. The van der Waals surface area contributed by atoms with Crippen molar-refractivity contribution < 1.29 is 65.3 Å². The molecule has 0 amide bonds. The Morgan fingerprint density at radius 3 is 0.675 bits per heavy atom. The Hall–Kier alpha value is -0.395. The Balaban J connectivity index is -0.000000240. The smallest absolute Gasteiger partial charge is 0.550 e. The summed E-state index contributed by atoms with van der Waals surface area (Å²) in [5, 5.41) is 32.9. The Morgan fingerprint density at radius 2 is 0.575 bits per heavy atom. The van der Waals surface area contributed by atoms with Crippen LogP contribution in [-0.4, -0.2) is 17.9 Å². The van der Waals surface area contributed by atoms with Gasteiger partial charge in [-0.3, -0.25) is 0 Å². The van der Waals surface area contributed by atoms with E-state index in [0.717, 1.165) is 77.0 Å². The molecule has 0 aromatic heterocycles. The molecule has 0 saturated carbocycles. The second-order valence-corrected chi connectivity index (χ2v) is 11.2. The Labute approximate surface area is 275 Å². The van der Waals surface area contributed by atoms with Crippen molar-refractivity contribution in [1.29, 1.82) is 0 Å². The van der Waals surface area contributed by atoms with E-state index in [9.17, 15) is 29.7 Å². The van der Waals surface area contributed by atoms with Gasteiger partial charge in [0.1, 0.15) is 0 Å². The first-order valence-electron chi connectivity index (χ1n) is 16.0. The van der Waals surface area contributed by atoms with Gasteiger partial charge in [0.15, 0.2) is 0 Å². The minimum atomic E-state index is -0.867. The maximum atomic E-state index is 11.0. The van der Waals surface area contributed by atoms with Crippen molar-refractivity contribution in [3.05, 3.63) is 0 Å². The van der Waals surface area contributed by atoms with E-state index in [1.54, 1.807) is 0 Å². The predicted octanol–water partition coefficient (Wildman–Crippen LogP) is 6.37. The maximum absolute atomic E-state index is 11.0. The van der Waals surface area contributed by atoms with E-state index in [-0.39, 0.29) is 35.6 Å². The molecule has 234 valence electrons. The molecule has 0 N–H and O–H groups in total. The quantitative estimate of drug-likeness (QED) is 0.129. The number of rotatable bonds is 21. The summed E-state index contributed by atoms with van der Waals surface area (Å²) in [7, 11) is 0. The molecule has 0 atom stereocenters. The molecule has 0 aromatic rings. The summed E-state index contributed by atoms with van der Waals surface area (Å²) in [5.74, 6) is -2.60. The molecule has 0 radical (unpaired) electrons. The van der Waals surface area contributed by atoms with E-state index in [4.69, 9.17) is 0 Å². The number of carboxylic acids is 3. The van der Waals surface area contributed by atoms with Gasteiger partial charge < -0.3 is 29.7 Å². The molecular weight excluding hydrogens is 631 g/mol. The van der Waals surface area contributed by atoms with Crippen molar-refractivity contribution in [3.63, 3.8) is 0 Å². The summed E-state index contributed by atoms with van der Waals surface area (Å²) in [6.07, 6.45) is 16.2. The SMILES string of the molecule is CCCCCC(CC)(CC)C(=O)[O-].CCCCCC(CC)(CC)C(=O)[O-].CCCCCC(CC)(CC)C(=O)[O-].[La+3]. The van der Waals surface area contributed by atoms with Gasteiger partial charge in [-0.2, -0.15) is 0 Å². The fourth-order valence-electron chi connectivity index (χ4n) is 5.12. The van der Waals surface area contributed by atoms with Gasteiger partial charge >= 0.3 is 35.6 Å². The second kappa shape index (κ2) is 27.4. The summed E-state index contributed by atoms with van der Waals surface area (Å²) in [4.78, 5) is 32.9. The number of hydrogen-bond acceptors (Lipinski definition) is 6. The number of carboxylic acid groups (broad SMARTS) is 3. The normalized spacial score (nSPS) is 11.3. The molecule has 0 aromatic carbocycles. The van der Waals surface area contributed by atoms with Crippen LogP contribution in [0.1, 0.15) is 178 Å². The van der Waals surface area contributed by atoms with E-state index in [2.05, 4.69) is 20.8 Å². The molecule has 0 saturated heterocycles. The standard InChI is InChI=1S/3C11H22O2.La/c3*1-4-7-8-9-11(5-2,6-3)10(12)13;/h3*4-9H2,1-3H3,(H,12,13);/q;;;+3/p-3. The van der Waals surface area contributed by atoms with Gasteiger partial charge in [0.2, 0.25) is 0 Å². The van der Waals surface area contributed by atoms with Crippen LogP contribution in [0.2, 0.25) is 0 Å². The van der Waals surface area contributed by atoms with Crippen molar-refractivity contribution in [2.45, 2.75) is 178 Å². The molecule has 40 heavy (non-hydrogen) atoms. The van der Waals surface area contributed by atoms with Gasteiger partial charge in [-0.05, 0) is 57.8 Å². The maximum Gasteiger partial charge on any atom is 3.00 e. The number of unbranched alkanes of at least 4 members (excludes halogenated alkanes) is 6. The number of aliphatic carboxylic acids is 3. The number of hydrogen-bond donors (Lipinski definition) is 0. The summed E-state index contributed by atoms with van der Waals surface area (Å²) in [5.41, 5.74) is -1.68. The molecule has 0 aliphatic carbocycles. The van der Waals surface area contributed by atoms with Gasteiger partial charge in [-0.25, -0.2) is 0 Å². The van der Waals surface area contributed by atoms with Gasteiger partial charge in [0, 0.05) is 34.2 Å². The van der Waals surface area contributed by atoms with E-state index in [0.29, 0.717) is 38.5 Å². The van der Waals surface area contributed by atoms with Crippen LogP contribution in [-0.2, 0) is 14.4 Å². The summed E-state index contributed by atoms with van der Waals surface area (Å²) in [6, 6.07) is 0. The zero-order chi connectivity index (χ0) is 31.0. The summed E-state index contributed by atoms with van der Waals surface area (Å²) >= 11 is 0. The molecule has 0 aliphatic rings. The molecule has 0 heterocycles. The summed E-state index contributed by atoms with van der Waals surface area (Å²) in [6.45, 7) is 18.0. The number of carbonyl (C=O) groups is 3. The minimum absolute atomic E-state index is 0. The second-order valence-electron chi connectivity index (χ2n) is 11.2. The van der Waals surface area contributed by atoms with Crippen molar-refractivity contribution in [3.8, 4) is 0 Å². The fourth-order valence-corrected chi connectivity index (χ4v) is 5.12. The van der Waals surface area contributed by atoms with Crippen molar-refractivity contribution >= 4 is 17.9 Å². The Bertz CT molecular complexity index is 537. The van der Waals surface area contributed by atoms with Crippen molar-refractivity contribution in [1.82, 2.24) is 0 Å². The Morgan fingerprint density at radius 1 is 0.400 bits per heavy atom. The first-order valence-corrected chi connectivity index (χ1v) is 16.0. The van der Waals surface area contributed by atoms with Crippen molar-refractivity contribution in [2.75, 3.05) is 0 Å². The predicted molar refractivity (Wildman–Crippen MR) is 156 cm³/mol. The van der Waals surface area contributed by atoms with Crippen LogP contribution in [0.5, 0.6) is 0 Å². The molecule has 6 nitrogen and oxygen atoms in total. The monoisotopic (exact) mass is 694 g/mol. The third-order valence-corrected chi connectivity index (χ3v) is 9.14. The van der Waals surface area contributed by atoms with Gasteiger partial charge in [0.05, 0.1) is 0 Å². The topological polar surface area (TPSA) is 120 Å². The van der Waals surface area contributed by atoms with Crippen molar-refractivity contribution in [2.24, 2.45) is 16.2 Å². The molecule has 7 heteroatoms. The molecule has 0 aliphatic heterocycles. The Kier molecular flexibility index (Phi) is 31.9. The average molecular weight is 695 g/mol. The zero-order valence-electron chi connectivity index (χ0n) is 27.8. The van der Waals surface area contributed by atoms with E-state index < -0.39 is 34.2 Å². The van der Waals surface area contributed by atoms with Crippen LogP contribution in [0.25, 0.3) is 0 Å². The molecule has 0 unspecified atom stereocenters. The fraction of sp³-hybridized carbons (Fsp3) is 0.909. The molecular formula is C33H63LaO6. The van der Waals surface area contributed by atoms with Gasteiger partial charge in [-0.15, -0.1) is 0 Å². The van der Waals surface area contributed by atoms with Crippen LogP contribution in [0, 0.1) is 51.8 Å². The zero-order valence-corrected chi connectivity index (χ0v) is 31.4. The van der Waals surface area contributed by atoms with Crippen LogP contribution >= 0.6 is 0 Å². The van der Waals surface area contributed by atoms with E-state index in [1.807, 2.05) is 41.5 Å². The first-order chi connectivity index (χ1) is 18.4. The third-order valence-electron chi connectivity index (χ3n) is 9.14. The van der Waals surface area contributed by atoms with Crippen LogP contribution in [0.4, 0.5) is 0 Å². The first kappa shape index (κ1) is 46.6. The van der Waals surface area contributed by atoms with Crippen LogP contribution < -0.4 is 15.3 Å². The largest absolute Gasteiger partial charge is 3.00 e. The van der Waals surface area contributed by atoms with Crippen LogP contribution in [0.3, 0.4) is 0 Å². The minimum Gasteiger partial charge on any atom is -0.550 e. The number of carbonyl (C=O) groups excluding carboxylic acids is 3. The van der Waals surface area contributed by atoms with E-state index >= 15 is 0 Å². The average Bonchev–Trinajstić information content (AvgIpc) is 2.92. The van der Waals surface area contributed by atoms with Gasteiger partial charge in [0.25, 0.3) is 0 Å². The van der Waals surface area contributed by atoms with Gasteiger partial charge in [-0.1, -0.05) is 120 Å². The molecule has 0 spiro atoms. The molecule has 0 rings (SSSR count). The summed E-state index contributed by atoms with van der Waals surface area (Å²) < 4.78 is 0. The molecule has 0 bridgehead atoms.